The predicted octanol–water partition coefficient (Wildman–Crippen LogP) is 2.28. The quantitative estimate of drug-likeness (QED) is 0.757. The lowest BCUT2D eigenvalue weighted by atomic mass is 10.0. The molecule has 1 rings (SSSR count). The molecule has 1 heterocycles. The fraction of sp³-hybridized carbons (Fsp3) is 0.364. The van der Waals surface area contributed by atoms with Crippen molar-refractivity contribution in [3.05, 3.63) is 22.4 Å². The van der Waals surface area contributed by atoms with Gasteiger partial charge in [0.2, 0.25) is 0 Å². The zero-order valence-corrected chi connectivity index (χ0v) is 9.15. The third kappa shape index (κ3) is 2.36. The number of nitrogens with one attached hydrogen (secondary N) is 1. The Morgan fingerprint density at radius 2 is 2.50 bits per heavy atom. The summed E-state index contributed by atoms with van der Waals surface area (Å²) in [5.74, 6) is 2.50. The highest BCUT2D eigenvalue weighted by atomic mass is 32.1. The average molecular weight is 207 g/mol. The monoisotopic (exact) mass is 207 g/mol. The standard InChI is InChI=1S/C11H13NOS/c1-4-11(3,5-2)12-10(13)9-7-6-8-14-9/h1,6-8H,5H2,2-3H3,(H,12,13)/t11-/m1/s1. The van der Waals surface area contributed by atoms with Crippen molar-refractivity contribution in [3.8, 4) is 12.3 Å². The molecule has 1 amide bonds. The van der Waals surface area contributed by atoms with Crippen molar-refractivity contribution in [2.24, 2.45) is 0 Å². The van der Waals surface area contributed by atoms with Crippen molar-refractivity contribution >= 4 is 17.2 Å². The summed E-state index contributed by atoms with van der Waals surface area (Å²) >= 11 is 1.41. The van der Waals surface area contributed by atoms with Crippen molar-refractivity contribution in [2.45, 2.75) is 25.8 Å². The first-order valence-electron chi connectivity index (χ1n) is 4.45. The number of thiophene rings is 1. The molecule has 14 heavy (non-hydrogen) atoms. The largest absolute Gasteiger partial charge is 0.335 e. The number of rotatable bonds is 3. The number of hydrogen-bond acceptors (Lipinski definition) is 2. The third-order valence-corrected chi connectivity index (χ3v) is 3.03. The Morgan fingerprint density at radius 3 is 2.93 bits per heavy atom. The fourth-order valence-electron chi connectivity index (χ4n) is 0.946. The molecule has 3 heteroatoms. The van der Waals surface area contributed by atoms with Gasteiger partial charge in [-0.3, -0.25) is 4.79 Å². The summed E-state index contributed by atoms with van der Waals surface area (Å²) in [6.45, 7) is 3.80. The van der Waals surface area contributed by atoms with Crippen LogP contribution in [0.15, 0.2) is 17.5 Å². The van der Waals surface area contributed by atoms with Crippen LogP contribution in [0.5, 0.6) is 0 Å². The molecule has 0 bridgehead atoms. The third-order valence-electron chi connectivity index (χ3n) is 2.16. The second-order valence-corrected chi connectivity index (χ2v) is 4.21. The maximum Gasteiger partial charge on any atom is 0.262 e. The second-order valence-electron chi connectivity index (χ2n) is 3.26. The van der Waals surface area contributed by atoms with E-state index in [9.17, 15) is 4.79 Å². The van der Waals surface area contributed by atoms with Crippen molar-refractivity contribution in [1.82, 2.24) is 5.32 Å². The molecule has 2 nitrogen and oxygen atoms in total. The lowest BCUT2D eigenvalue weighted by molar-refractivity contribution is 0.0928. The average Bonchev–Trinajstić information content (AvgIpc) is 2.70. The van der Waals surface area contributed by atoms with E-state index in [-0.39, 0.29) is 5.91 Å². The zero-order chi connectivity index (χ0) is 10.6. The zero-order valence-electron chi connectivity index (χ0n) is 8.33. The molecule has 0 aliphatic rings. The van der Waals surface area contributed by atoms with E-state index in [1.54, 1.807) is 6.07 Å². The minimum atomic E-state index is -0.541. The summed E-state index contributed by atoms with van der Waals surface area (Å²) in [5, 5.41) is 4.70. The second kappa shape index (κ2) is 4.30. The van der Waals surface area contributed by atoms with Gasteiger partial charge in [0.15, 0.2) is 0 Å². The van der Waals surface area contributed by atoms with E-state index in [2.05, 4.69) is 11.2 Å². The first-order chi connectivity index (χ1) is 6.61. The van der Waals surface area contributed by atoms with Crippen LogP contribution in [-0.4, -0.2) is 11.4 Å². The highest BCUT2D eigenvalue weighted by molar-refractivity contribution is 7.12. The van der Waals surface area contributed by atoms with Gasteiger partial charge >= 0.3 is 0 Å². The van der Waals surface area contributed by atoms with E-state index in [1.165, 1.54) is 11.3 Å². The molecule has 1 aromatic heterocycles. The van der Waals surface area contributed by atoms with Crippen LogP contribution in [0.3, 0.4) is 0 Å². The van der Waals surface area contributed by atoms with Crippen molar-refractivity contribution in [2.75, 3.05) is 0 Å². The van der Waals surface area contributed by atoms with Gasteiger partial charge in [-0.2, -0.15) is 0 Å². The molecule has 0 spiro atoms. The molecule has 0 unspecified atom stereocenters. The van der Waals surface area contributed by atoms with Gasteiger partial charge < -0.3 is 5.32 Å². The smallest absolute Gasteiger partial charge is 0.262 e. The summed E-state index contributed by atoms with van der Waals surface area (Å²) in [7, 11) is 0. The Balaban J connectivity index is 2.71. The van der Waals surface area contributed by atoms with E-state index in [0.717, 1.165) is 6.42 Å². The maximum atomic E-state index is 11.6. The van der Waals surface area contributed by atoms with Gasteiger partial charge in [0.05, 0.1) is 10.4 Å². The van der Waals surface area contributed by atoms with Crippen LogP contribution < -0.4 is 5.32 Å². The molecular weight excluding hydrogens is 194 g/mol. The van der Waals surface area contributed by atoms with Gasteiger partial charge in [-0.05, 0) is 24.8 Å². The van der Waals surface area contributed by atoms with Crippen LogP contribution in [0.4, 0.5) is 0 Å². The predicted molar refractivity (Wildman–Crippen MR) is 59.3 cm³/mol. The Bertz CT molecular complexity index is 350. The van der Waals surface area contributed by atoms with Crippen molar-refractivity contribution in [3.63, 3.8) is 0 Å². The van der Waals surface area contributed by atoms with Crippen LogP contribution in [0.2, 0.25) is 0 Å². The van der Waals surface area contributed by atoms with Crippen LogP contribution in [0, 0.1) is 12.3 Å². The summed E-state index contributed by atoms with van der Waals surface area (Å²) in [6, 6.07) is 3.63. The van der Waals surface area contributed by atoms with E-state index >= 15 is 0 Å². The van der Waals surface area contributed by atoms with Crippen LogP contribution in [-0.2, 0) is 0 Å². The molecule has 0 saturated carbocycles. The molecule has 0 aliphatic carbocycles. The van der Waals surface area contributed by atoms with E-state index in [4.69, 9.17) is 6.42 Å². The van der Waals surface area contributed by atoms with E-state index in [0.29, 0.717) is 4.88 Å². The van der Waals surface area contributed by atoms with Crippen molar-refractivity contribution < 1.29 is 4.79 Å². The molecule has 0 aliphatic heterocycles. The van der Waals surface area contributed by atoms with Gasteiger partial charge in [0.1, 0.15) is 0 Å². The molecular formula is C11H13NOS. The minimum absolute atomic E-state index is 0.0951. The number of amides is 1. The Labute approximate surface area is 88.3 Å². The number of carbonyl (C=O) groups excluding carboxylic acids is 1. The van der Waals surface area contributed by atoms with Gasteiger partial charge in [-0.15, -0.1) is 17.8 Å². The summed E-state index contributed by atoms with van der Waals surface area (Å²) in [5.41, 5.74) is -0.541. The summed E-state index contributed by atoms with van der Waals surface area (Å²) < 4.78 is 0. The first kappa shape index (κ1) is 10.8. The molecule has 1 aromatic rings. The van der Waals surface area contributed by atoms with Gasteiger partial charge in [0, 0.05) is 0 Å². The normalized spacial score (nSPS) is 14.1. The lowest BCUT2D eigenvalue weighted by Gasteiger charge is -2.22. The SMILES string of the molecule is C#C[C@](C)(CC)NC(=O)c1cccs1. The Kier molecular flexibility index (Phi) is 3.32. The Morgan fingerprint density at radius 1 is 1.79 bits per heavy atom. The molecule has 0 radical (unpaired) electrons. The minimum Gasteiger partial charge on any atom is -0.335 e. The summed E-state index contributed by atoms with van der Waals surface area (Å²) in [6.07, 6.45) is 6.08. The van der Waals surface area contributed by atoms with Crippen LogP contribution >= 0.6 is 11.3 Å². The highest BCUT2D eigenvalue weighted by Crippen LogP contribution is 2.12. The lowest BCUT2D eigenvalue weighted by Crippen LogP contribution is -2.43. The highest BCUT2D eigenvalue weighted by Gasteiger charge is 2.21. The topological polar surface area (TPSA) is 29.1 Å². The molecule has 1 atom stereocenters. The van der Waals surface area contributed by atoms with E-state index < -0.39 is 5.54 Å². The molecule has 1 N–H and O–H groups in total. The van der Waals surface area contributed by atoms with Crippen LogP contribution in [0.25, 0.3) is 0 Å². The van der Waals surface area contributed by atoms with Gasteiger partial charge in [0.25, 0.3) is 5.91 Å². The molecule has 0 fully saturated rings. The molecule has 0 saturated heterocycles. The number of terminal acetylenes is 1. The fourth-order valence-corrected chi connectivity index (χ4v) is 1.57. The van der Waals surface area contributed by atoms with Crippen LogP contribution in [0.1, 0.15) is 29.9 Å². The van der Waals surface area contributed by atoms with Gasteiger partial charge in [-0.25, -0.2) is 0 Å². The summed E-state index contributed by atoms with van der Waals surface area (Å²) in [4.78, 5) is 12.3. The first-order valence-corrected chi connectivity index (χ1v) is 5.33. The van der Waals surface area contributed by atoms with Gasteiger partial charge in [-0.1, -0.05) is 18.9 Å². The maximum absolute atomic E-state index is 11.6. The number of hydrogen-bond donors (Lipinski definition) is 1. The Hall–Kier alpha value is -1.27. The molecule has 74 valence electrons. The van der Waals surface area contributed by atoms with Crippen molar-refractivity contribution in [1.29, 1.82) is 0 Å². The number of carbonyl (C=O) groups is 1. The van der Waals surface area contributed by atoms with E-state index in [1.807, 2.05) is 25.3 Å². The molecule has 0 aromatic carbocycles.